The Labute approximate surface area is 116 Å². The first-order valence-corrected chi connectivity index (χ1v) is 7.18. The number of hydrogen-bond acceptors (Lipinski definition) is 2. The van der Waals surface area contributed by atoms with Crippen molar-refractivity contribution in [2.45, 2.75) is 52.2 Å². The highest BCUT2D eigenvalue weighted by Gasteiger charge is 2.33. The number of likely N-dealkylation sites (N-methyl/N-ethyl adjacent to an activating group) is 1. The van der Waals surface area contributed by atoms with Gasteiger partial charge in [0.1, 0.15) is 5.82 Å². The third kappa shape index (κ3) is 4.29. The van der Waals surface area contributed by atoms with E-state index in [-0.39, 0.29) is 17.5 Å². The van der Waals surface area contributed by atoms with Crippen molar-refractivity contribution in [1.82, 2.24) is 5.32 Å². The summed E-state index contributed by atoms with van der Waals surface area (Å²) >= 11 is 0. The van der Waals surface area contributed by atoms with E-state index >= 15 is 0 Å². The van der Waals surface area contributed by atoms with Gasteiger partial charge in [-0.3, -0.25) is 0 Å². The van der Waals surface area contributed by atoms with Crippen molar-refractivity contribution in [1.29, 1.82) is 0 Å². The van der Waals surface area contributed by atoms with Crippen LogP contribution in [-0.4, -0.2) is 24.8 Å². The van der Waals surface area contributed by atoms with E-state index in [0.717, 1.165) is 18.5 Å². The van der Waals surface area contributed by atoms with Crippen LogP contribution in [0.4, 0.5) is 4.39 Å². The quantitative estimate of drug-likeness (QED) is 0.777. The molecular weight excluding hydrogens is 241 g/mol. The Hall–Kier alpha value is -0.930. The molecule has 1 aromatic carbocycles. The molecule has 108 valence electrons. The molecule has 0 saturated heterocycles. The molecule has 0 bridgehead atoms. The fraction of sp³-hybridized carbons (Fsp3) is 0.625. The second-order valence-electron chi connectivity index (χ2n) is 5.01. The highest BCUT2D eigenvalue weighted by Crippen LogP contribution is 2.24. The lowest BCUT2D eigenvalue weighted by Crippen LogP contribution is -2.51. The van der Waals surface area contributed by atoms with Crippen LogP contribution in [-0.2, 0) is 11.2 Å². The Bertz CT molecular complexity index is 383. The molecule has 1 aromatic rings. The van der Waals surface area contributed by atoms with Gasteiger partial charge in [-0.2, -0.15) is 0 Å². The zero-order valence-corrected chi connectivity index (χ0v) is 12.5. The van der Waals surface area contributed by atoms with Crippen molar-refractivity contribution in [3.05, 3.63) is 35.6 Å². The fourth-order valence-electron chi connectivity index (χ4n) is 2.41. The summed E-state index contributed by atoms with van der Waals surface area (Å²) in [6.07, 6.45) is 1.54. The van der Waals surface area contributed by atoms with Gasteiger partial charge in [-0.05, 0) is 44.9 Å². The molecule has 0 aromatic heterocycles. The van der Waals surface area contributed by atoms with Crippen molar-refractivity contribution >= 4 is 0 Å². The molecule has 0 fully saturated rings. The average molecular weight is 267 g/mol. The first-order chi connectivity index (χ1) is 9.07. The van der Waals surface area contributed by atoms with Crippen LogP contribution in [0.1, 0.15) is 39.7 Å². The monoisotopic (exact) mass is 267 g/mol. The van der Waals surface area contributed by atoms with Gasteiger partial charge < -0.3 is 10.1 Å². The topological polar surface area (TPSA) is 21.3 Å². The predicted octanol–water partition coefficient (Wildman–Crippen LogP) is 3.55. The number of benzene rings is 1. The van der Waals surface area contributed by atoms with E-state index in [9.17, 15) is 4.39 Å². The molecular formula is C16H26FNO. The van der Waals surface area contributed by atoms with E-state index in [1.165, 1.54) is 6.07 Å². The van der Waals surface area contributed by atoms with Gasteiger partial charge >= 0.3 is 0 Å². The molecule has 0 saturated carbocycles. The maximum atomic E-state index is 13.8. The van der Waals surface area contributed by atoms with Gasteiger partial charge in [0.05, 0.1) is 5.60 Å². The standard InChI is InChI=1S/C16H26FNO/c1-5-16(4,19-7-3)15(18-6-2)12-13-10-8-9-11-14(13)17/h8-11,15,18H,5-7,12H2,1-4H3. The zero-order valence-electron chi connectivity index (χ0n) is 12.5. The Kier molecular flexibility index (Phi) is 6.46. The highest BCUT2D eigenvalue weighted by molar-refractivity contribution is 5.19. The van der Waals surface area contributed by atoms with Gasteiger partial charge in [0.25, 0.3) is 0 Å². The summed E-state index contributed by atoms with van der Waals surface area (Å²) in [5.74, 6) is -0.139. The first kappa shape index (κ1) is 16.1. The molecule has 0 aliphatic heterocycles. The third-order valence-electron chi connectivity index (χ3n) is 3.75. The lowest BCUT2D eigenvalue weighted by Gasteiger charge is -2.37. The average Bonchev–Trinajstić information content (AvgIpc) is 2.40. The Morgan fingerprint density at radius 1 is 1.26 bits per heavy atom. The summed E-state index contributed by atoms with van der Waals surface area (Å²) in [5, 5.41) is 3.44. The summed E-state index contributed by atoms with van der Waals surface area (Å²) in [5.41, 5.74) is 0.473. The zero-order chi connectivity index (χ0) is 14.3. The second kappa shape index (κ2) is 7.61. The van der Waals surface area contributed by atoms with Crippen LogP contribution in [0.2, 0.25) is 0 Å². The van der Waals surface area contributed by atoms with E-state index < -0.39 is 0 Å². The number of hydrogen-bond donors (Lipinski definition) is 1. The molecule has 0 radical (unpaired) electrons. The van der Waals surface area contributed by atoms with E-state index in [1.54, 1.807) is 6.07 Å². The number of ether oxygens (including phenoxy) is 1. The van der Waals surface area contributed by atoms with Crippen LogP contribution in [0.3, 0.4) is 0 Å². The van der Waals surface area contributed by atoms with Crippen LogP contribution < -0.4 is 5.32 Å². The van der Waals surface area contributed by atoms with E-state index in [2.05, 4.69) is 26.1 Å². The summed E-state index contributed by atoms with van der Waals surface area (Å²) in [6.45, 7) is 9.80. The van der Waals surface area contributed by atoms with Crippen LogP contribution in [0, 0.1) is 5.82 Å². The van der Waals surface area contributed by atoms with E-state index in [1.807, 2.05) is 19.1 Å². The minimum Gasteiger partial charge on any atom is -0.374 e. The molecule has 1 N–H and O–H groups in total. The lowest BCUT2D eigenvalue weighted by atomic mass is 9.88. The lowest BCUT2D eigenvalue weighted by molar-refractivity contribution is -0.0548. The summed E-state index contributed by atoms with van der Waals surface area (Å²) in [6, 6.07) is 7.08. The van der Waals surface area contributed by atoms with Gasteiger partial charge in [-0.1, -0.05) is 32.0 Å². The SMILES string of the molecule is CCNC(Cc1ccccc1F)C(C)(CC)OCC. The van der Waals surface area contributed by atoms with E-state index in [0.29, 0.717) is 13.0 Å². The molecule has 0 heterocycles. The molecule has 1 rings (SSSR count). The second-order valence-corrected chi connectivity index (χ2v) is 5.01. The summed E-state index contributed by atoms with van der Waals surface area (Å²) < 4.78 is 19.7. The van der Waals surface area contributed by atoms with Crippen LogP contribution in [0.25, 0.3) is 0 Å². The number of nitrogens with one attached hydrogen (secondary N) is 1. The first-order valence-electron chi connectivity index (χ1n) is 7.18. The van der Waals surface area contributed by atoms with Crippen LogP contribution >= 0.6 is 0 Å². The van der Waals surface area contributed by atoms with Crippen molar-refractivity contribution < 1.29 is 9.13 Å². The molecule has 2 unspecified atom stereocenters. The molecule has 2 nitrogen and oxygen atoms in total. The Morgan fingerprint density at radius 2 is 1.95 bits per heavy atom. The smallest absolute Gasteiger partial charge is 0.126 e. The maximum Gasteiger partial charge on any atom is 0.126 e. The summed E-state index contributed by atoms with van der Waals surface area (Å²) in [7, 11) is 0. The van der Waals surface area contributed by atoms with Crippen molar-refractivity contribution in [3.8, 4) is 0 Å². The van der Waals surface area contributed by atoms with Crippen LogP contribution in [0.15, 0.2) is 24.3 Å². The molecule has 2 atom stereocenters. The largest absolute Gasteiger partial charge is 0.374 e. The molecule has 19 heavy (non-hydrogen) atoms. The van der Waals surface area contributed by atoms with E-state index in [4.69, 9.17) is 4.74 Å². The molecule has 0 aliphatic carbocycles. The Balaban J connectivity index is 2.91. The minimum atomic E-state index is -0.271. The normalized spacial score (nSPS) is 16.1. The van der Waals surface area contributed by atoms with Gasteiger partial charge in [-0.25, -0.2) is 4.39 Å². The van der Waals surface area contributed by atoms with Crippen LogP contribution in [0.5, 0.6) is 0 Å². The molecule has 0 spiro atoms. The molecule has 0 amide bonds. The van der Waals surface area contributed by atoms with Gasteiger partial charge in [0, 0.05) is 12.6 Å². The molecule has 3 heteroatoms. The van der Waals surface area contributed by atoms with Crippen molar-refractivity contribution in [2.24, 2.45) is 0 Å². The Morgan fingerprint density at radius 3 is 2.47 bits per heavy atom. The summed E-state index contributed by atoms with van der Waals surface area (Å²) in [4.78, 5) is 0. The highest BCUT2D eigenvalue weighted by atomic mass is 19.1. The fourth-order valence-corrected chi connectivity index (χ4v) is 2.41. The van der Waals surface area contributed by atoms with Gasteiger partial charge in [0.2, 0.25) is 0 Å². The van der Waals surface area contributed by atoms with Gasteiger partial charge in [0.15, 0.2) is 0 Å². The molecule has 0 aliphatic rings. The maximum absolute atomic E-state index is 13.8. The minimum absolute atomic E-state index is 0.111. The van der Waals surface area contributed by atoms with Gasteiger partial charge in [-0.15, -0.1) is 0 Å². The van der Waals surface area contributed by atoms with Crippen molar-refractivity contribution in [3.63, 3.8) is 0 Å². The van der Waals surface area contributed by atoms with Crippen molar-refractivity contribution in [2.75, 3.05) is 13.2 Å². The number of halogens is 1. The number of rotatable bonds is 8. The third-order valence-corrected chi connectivity index (χ3v) is 3.75. The predicted molar refractivity (Wildman–Crippen MR) is 77.9 cm³/mol.